The lowest BCUT2D eigenvalue weighted by atomic mass is 10.0. The molecule has 3 rings (SSSR count). The molecule has 1 heterocycles. The van der Waals surface area contributed by atoms with E-state index >= 15 is 0 Å². The Morgan fingerprint density at radius 1 is 1.12 bits per heavy atom. The van der Waals surface area contributed by atoms with Crippen LogP contribution in [0.3, 0.4) is 0 Å². The van der Waals surface area contributed by atoms with E-state index in [0.717, 1.165) is 17.7 Å². The van der Waals surface area contributed by atoms with Crippen LogP contribution in [0.25, 0.3) is 0 Å². The minimum absolute atomic E-state index is 0.0752. The average molecular weight is 367 g/mol. The van der Waals surface area contributed by atoms with Gasteiger partial charge in [-0.3, -0.25) is 4.79 Å². The normalized spacial score (nSPS) is 10.9. The molecule has 2 aromatic carbocycles. The van der Waals surface area contributed by atoms with Crippen molar-refractivity contribution in [3.8, 4) is 0 Å². The van der Waals surface area contributed by atoms with E-state index in [1.165, 1.54) is 17.3 Å². The lowest BCUT2D eigenvalue weighted by Gasteiger charge is -2.11. The number of hydrogen-bond acceptors (Lipinski definition) is 5. The predicted octanol–water partition coefficient (Wildman–Crippen LogP) is 3.58. The molecular weight excluding hydrogens is 346 g/mol. The summed E-state index contributed by atoms with van der Waals surface area (Å²) < 4.78 is 1.71. The van der Waals surface area contributed by atoms with Crippen LogP contribution in [0.1, 0.15) is 31.0 Å². The van der Waals surface area contributed by atoms with Gasteiger partial charge in [-0.2, -0.15) is 0 Å². The summed E-state index contributed by atoms with van der Waals surface area (Å²) in [5, 5.41) is 15.2. The number of para-hydroxylation sites is 1. The Morgan fingerprint density at radius 2 is 1.85 bits per heavy atom. The Balaban J connectivity index is 1.63. The molecule has 0 spiro atoms. The molecule has 6 nitrogen and oxygen atoms in total. The first-order chi connectivity index (χ1) is 12.6. The third-order valence-electron chi connectivity index (χ3n) is 3.81. The highest BCUT2D eigenvalue weighted by Crippen LogP contribution is 2.21. The second kappa shape index (κ2) is 8.62. The summed E-state index contributed by atoms with van der Waals surface area (Å²) in [4.78, 5) is 12.4. The topological polar surface area (TPSA) is 72.7 Å². The molecule has 0 fully saturated rings. The standard InChI is InChI=1S/C19H21N5OS/c1-14(2)24-19(21-22-23-24)26-13-18(25)20-17-11-7-6-10-16(17)12-15-8-4-3-5-9-15/h3-11,14H,12-13H2,1-2H3,(H,20,25). The molecule has 1 aromatic heterocycles. The number of nitrogens with one attached hydrogen (secondary N) is 1. The Bertz CT molecular complexity index is 863. The second-order valence-electron chi connectivity index (χ2n) is 6.16. The number of amides is 1. The summed E-state index contributed by atoms with van der Waals surface area (Å²) in [6.45, 7) is 4.00. The SMILES string of the molecule is CC(C)n1nnnc1SCC(=O)Nc1ccccc1Cc1ccccc1. The maximum atomic E-state index is 12.4. The van der Waals surface area contributed by atoms with Crippen molar-refractivity contribution in [2.75, 3.05) is 11.1 Å². The molecule has 26 heavy (non-hydrogen) atoms. The van der Waals surface area contributed by atoms with Crippen molar-refractivity contribution in [1.82, 2.24) is 20.2 Å². The Morgan fingerprint density at radius 3 is 2.62 bits per heavy atom. The molecule has 0 unspecified atom stereocenters. The maximum absolute atomic E-state index is 12.4. The van der Waals surface area contributed by atoms with E-state index in [2.05, 4.69) is 33.0 Å². The molecule has 0 aliphatic heterocycles. The van der Waals surface area contributed by atoms with Gasteiger partial charge in [-0.1, -0.05) is 60.3 Å². The van der Waals surface area contributed by atoms with Gasteiger partial charge in [-0.15, -0.1) is 5.10 Å². The Labute approximate surface area is 157 Å². The van der Waals surface area contributed by atoms with Gasteiger partial charge in [-0.25, -0.2) is 4.68 Å². The first kappa shape index (κ1) is 18.1. The number of carbonyl (C=O) groups excluding carboxylic acids is 1. The van der Waals surface area contributed by atoms with Gasteiger partial charge >= 0.3 is 0 Å². The fourth-order valence-corrected chi connectivity index (χ4v) is 3.34. The van der Waals surface area contributed by atoms with Crippen LogP contribution in [0.4, 0.5) is 5.69 Å². The molecule has 0 bridgehead atoms. The van der Waals surface area contributed by atoms with Gasteiger partial charge < -0.3 is 5.32 Å². The molecule has 0 saturated carbocycles. The Hall–Kier alpha value is -2.67. The maximum Gasteiger partial charge on any atom is 0.234 e. The quantitative estimate of drug-likeness (QED) is 0.646. The number of aromatic nitrogens is 4. The van der Waals surface area contributed by atoms with E-state index in [-0.39, 0.29) is 17.7 Å². The summed E-state index contributed by atoms with van der Waals surface area (Å²) in [5.74, 6) is 0.182. The molecule has 7 heteroatoms. The molecule has 0 aliphatic rings. The molecule has 0 saturated heterocycles. The highest BCUT2D eigenvalue weighted by molar-refractivity contribution is 7.99. The summed E-state index contributed by atoms with van der Waals surface area (Å²) in [6, 6.07) is 18.2. The van der Waals surface area contributed by atoms with Crippen molar-refractivity contribution in [2.45, 2.75) is 31.5 Å². The summed E-state index contributed by atoms with van der Waals surface area (Å²) >= 11 is 1.33. The molecule has 3 aromatic rings. The smallest absolute Gasteiger partial charge is 0.234 e. The summed E-state index contributed by atoms with van der Waals surface area (Å²) in [5.41, 5.74) is 3.13. The molecule has 1 amide bonds. The number of anilines is 1. The minimum Gasteiger partial charge on any atom is -0.325 e. The zero-order valence-electron chi connectivity index (χ0n) is 14.8. The largest absolute Gasteiger partial charge is 0.325 e. The van der Waals surface area contributed by atoms with E-state index in [1.54, 1.807) is 4.68 Å². The van der Waals surface area contributed by atoms with Crippen LogP contribution in [-0.2, 0) is 11.2 Å². The van der Waals surface area contributed by atoms with Gasteiger partial charge in [0.05, 0.1) is 11.8 Å². The zero-order valence-corrected chi connectivity index (χ0v) is 15.6. The van der Waals surface area contributed by atoms with Crippen LogP contribution in [0, 0.1) is 0 Å². The van der Waals surface area contributed by atoms with E-state index in [4.69, 9.17) is 0 Å². The van der Waals surface area contributed by atoms with Crippen LogP contribution >= 0.6 is 11.8 Å². The first-order valence-electron chi connectivity index (χ1n) is 8.46. The molecular formula is C19H21N5OS. The van der Waals surface area contributed by atoms with Crippen molar-refractivity contribution in [1.29, 1.82) is 0 Å². The molecule has 0 aliphatic carbocycles. The average Bonchev–Trinajstić information content (AvgIpc) is 3.11. The van der Waals surface area contributed by atoms with Crippen LogP contribution in [0.2, 0.25) is 0 Å². The van der Waals surface area contributed by atoms with Crippen LogP contribution in [0.5, 0.6) is 0 Å². The monoisotopic (exact) mass is 367 g/mol. The van der Waals surface area contributed by atoms with Gasteiger partial charge in [0.2, 0.25) is 11.1 Å². The van der Waals surface area contributed by atoms with Crippen molar-refractivity contribution < 1.29 is 4.79 Å². The number of benzene rings is 2. The van der Waals surface area contributed by atoms with Gasteiger partial charge in [-0.05, 0) is 47.9 Å². The number of thioether (sulfide) groups is 1. The van der Waals surface area contributed by atoms with E-state index in [1.807, 2.05) is 56.3 Å². The van der Waals surface area contributed by atoms with Crippen LogP contribution < -0.4 is 5.32 Å². The third kappa shape index (κ3) is 4.70. The highest BCUT2D eigenvalue weighted by Gasteiger charge is 2.13. The van der Waals surface area contributed by atoms with Crippen molar-refractivity contribution in [3.05, 3.63) is 65.7 Å². The fourth-order valence-electron chi connectivity index (χ4n) is 2.53. The predicted molar refractivity (Wildman–Crippen MR) is 103 cm³/mol. The lowest BCUT2D eigenvalue weighted by molar-refractivity contribution is -0.113. The third-order valence-corrected chi connectivity index (χ3v) is 4.75. The second-order valence-corrected chi connectivity index (χ2v) is 7.10. The minimum atomic E-state index is -0.0752. The first-order valence-corrected chi connectivity index (χ1v) is 9.44. The van der Waals surface area contributed by atoms with Crippen molar-refractivity contribution in [3.63, 3.8) is 0 Å². The number of hydrogen-bond donors (Lipinski definition) is 1. The summed E-state index contributed by atoms with van der Waals surface area (Å²) in [6.07, 6.45) is 0.774. The van der Waals surface area contributed by atoms with E-state index in [9.17, 15) is 4.79 Å². The molecule has 0 atom stereocenters. The Kier molecular flexibility index (Phi) is 6.01. The fraction of sp³-hybridized carbons (Fsp3) is 0.263. The van der Waals surface area contributed by atoms with E-state index < -0.39 is 0 Å². The van der Waals surface area contributed by atoms with Gasteiger partial charge in [0.15, 0.2) is 0 Å². The van der Waals surface area contributed by atoms with Crippen molar-refractivity contribution in [2.24, 2.45) is 0 Å². The number of carbonyl (C=O) groups is 1. The number of rotatable bonds is 7. The zero-order chi connectivity index (χ0) is 18.4. The molecule has 134 valence electrons. The number of tetrazole rings is 1. The van der Waals surface area contributed by atoms with Gasteiger partial charge in [0.1, 0.15) is 0 Å². The lowest BCUT2D eigenvalue weighted by Crippen LogP contribution is -2.16. The van der Waals surface area contributed by atoms with E-state index in [0.29, 0.717) is 5.16 Å². The van der Waals surface area contributed by atoms with Gasteiger partial charge in [0.25, 0.3) is 0 Å². The molecule has 0 radical (unpaired) electrons. The van der Waals surface area contributed by atoms with Crippen LogP contribution in [-0.4, -0.2) is 31.9 Å². The summed E-state index contributed by atoms with van der Waals surface area (Å²) in [7, 11) is 0. The highest BCUT2D eigenvalue weighted by atomic mass is 32.2. The number of nitrogens with zero attached hydrogens (tertiary/aromatic N) is 4. The van der Waals surface area contributed by atoms with Crippen LogP contribution in [0.15, 0.2) is 59.8 Å². The van der Waals surface area contributed by atoms with Crippen molar-refractivity contribution >= 4 is 23.4 Å². The van der Waals surface area contributed by atoms with Gasteiger partial charge in [0, 0.05) is 5.69 Å². The molecule has 1 N–H and O–H groups in total.